The van der Waals surface area contributed by atoms with Gasteiger partial charge in [-0.1, -0.05) is 20.3 Å². The van der Waals surface area contributed by atoms with Crippen LogP contribution in [-0.4, -0.2) is 95.9 Å². The van der Waals surface area contributed by atoms with Crippen LogP contribution >= 0.6 is 0 Å². The van der Waals surface area contributed by atoms with Gasteiger partial charge >= 0.3 is 0 Å². The maximum absolute atomic E-state index is 11.0. The molecule has 132 valence electrons. The van der Waals surface area contributed by atoms with Crippen LogP contribution in [0.15, 0.2) is 0 Å². The van der Waals surface area contributed by atoms with Crippen LogP contribution in [0.2, 0.25) is 0 Å². The van der Waals surface area contributed by atoms with E-state index in [9.17, 15) is 15.0 Å². The summed E-state index contributed by atoms with van der Waals surface area (Å²) in [5.74, 6) is 0. The van der Waals surface area contributed by atoms with Gasteiger partial charge in [0.2, 0.25) is 6.41 Å². The van der Waals surface area contributed by atoms with Gasteiger partial charge in [-0.25, -0.2) is 0 Å². The fourth-order valence-electron chi connectivity index (χ4n) is 2.38. The van der Waals surface area contributed by atoms with Crippen molar-refractivity contribution in [1.82, 2.24) is 14.7 Å². The second-order valence-corrected chi connectivity index (χ2v) is 6.15. The van der Waals surface area contributed by atoms with Crippen molar-refractivity contribution < 1.29 is 15.0 Å². The molecule has 0 aromatic heterocycles. The van der Waals surface area contributed by atoms with Gasteiger partial charge in [-0.2, -0.15) is 0 Å². The van der Waals surface area contributed by atoms with Crippen molar-refractivity contribution in [2.75, 3.05) is 52.4 Å². The van der Waals surface area contributed by atoms with Gasteiger partial charge in [-0.3, -0.25) is 14.6 Å². The lowest BCUT2D eigenvalue weighted by atomic mass is 10.3. The van der Waals surface area contributed by atoms with E-state index in [1.807, 2.05) is 0 Å². The molecule has 6 heteroatoms. The second-order valence-electron chi connectivity index (χ2n) is 6.15. The van der Waals surface area contributed by atoms with Crippen LogP contribution in [0.3, 0.4) is 0 Å². The average molecular weight is 317 g/mol. The van der Waals surface area contributed by atoms with Crippen LogP contribution < -0.4 is 0 Å². The Morgan fingerprint density at radius 2 is 1.18 bits per heavy atom. The highest BCUT2D eigenvalue weighted by atomic mass is 16.3. The fourth-order valence-corrected chi connectivity index (χ4v) is 2.38. The summed E-state index contributed by atoms with van der Waals surface area (Å²) in [4.78, 5) is 17.1. The van der Waals surface area contributed by atoms with E-state index < -0.39 is 0 Å². The van der Waals surface area contributed by atoms with Crippen LogP contribution in [0.5, 0.6) is 0 Å². The van der Waals surface area contributed by atoms with E-state index in [0.29, 0.717) is 26.2 Å². The number of β-amino-alcohol motifs (C(OH)–C–C–N with tert-alkyl or cyclic N) is 2. The number of amides is 1. The highest BCUT2D eigenvalue weighted by Crippen LogP contribution is 2.01. The fraction of sp³-hybridized carbons (Fsp3) is 0.938. The summed E-state index contributed by atoms with van der Waals surface area (Å²) < 4.78 is 0. The highest BCUT2D eigenvalue weighted by Gasteiger charge is 2.17. The van der Waals surface area contributed by atoms with Gasteiger partial charge in [-0.05, 0) is 13.8 Å². The minimum atomic E-state index is -0.365. The zero-order chi connectivity index (χ0) is 17.0. The lowest BCUT2D eigenvalue weighted by molar-refractivity contribution is -0.118. The summed E-state index contributed by atoms with van der Waals surface area (Å²) in [6.45, 7) is 13.7. The first-order chi connectivity index (χ1) is 10.4. The largest absolute Gasteiger partial charge is 0.392 e. The van der Waals surface area contributed by atoms with Crippen molar-refractivity contribution in [1.29, 1.82) is 0 Å². The summed E-state index contributed by atoms with van der Waals surface area (Å²) in [7, 11) is 0. The van der Waals surface area contributed by atoms with Crippen LogP contribution in [0.1, 0.15) is 34.1 Å². The minimum Gasteiger partial charge on any atom is -0.392 e. The normalized spacial score (nSPS) is 20.9. The predicted octanol–water partition coefficient (Wildman–Crippen LogP) is 0.240. The molecule has 1 fully saturated rings. The smallest absolute Gasteiger partial charge is 0.209 e. The van der Waals surface area contributed by atoms with Gasteiger partial charge in [-0.15, -0.1) is 0 Å². The van der Waals surface area contributed by atoms with Crippen molar-refractivity contribution in [2.24, 2.45) is 0 Å². The topological polar surface area (TPSA) is 67.2 Å². The third kappa shape index (κ3) is 11.0. The Balaban J connectivity index is 0.00000135. The number of rotatable bonds is 5. The first kappa shape index (κ1) is 21.3. The summed E-state index contributed by atoms with van der Waals surface area (Å²) >= 11 is 0. The number of carbonyl (C=O) groups is 1. The minimum absolute atomic E-state index is 0.365. The molecule has 0 bridgehead atoms. The number of hydrogen-bond acceptors (Lipinski definition) is 5. The third-order valence-electron chi connectivity index (χ3n) is 3.33. The van der Waals surface area contributed by atoms with E-state index in [4.69, 9.17) is 0 Å². The molecule has 1 rings (SSSR count). The average Bonchev–Trinajstić information content (AvgIpc) is 2.51. The maximum Gasteiger partial charge on any atom is 0.209 e. The molecule has 0 radical (unpaired) electrons. The van der Waals surface area contributed by atoms with E-state index in [0.717, 1.165) is 32.6 Å². The zero-order valence-electron chi connectivity index (χ0n) is 14.7. The molecule has 2 N–H and O–H groups in total. The van der Waals surface area contributed by atoms with Gasteiger partial charge in [0.15, 0.2) is 0 Å². The molecule has 1 saturated heterocycles. The van der Waals surface area contributed by atoms with E-state index in [-0.39, 0.29) is 12.2 Å². The van der Waals surface area contributed by atoms with Gasteiger partial charge in [0.25, 0.3) is 0 Å². The van der Waals surface area contributed by atoms with Gasteiger partial charge in [0, 0.05) is 52.4 Å². The van der Waals surface area contributed by atoms with E-state index in [1.165, 1.54) is 6.42 Å². The van der Waals surface area contributed by atoms with E-state index in [2.05, 4.69) is 23.6 Å². The highest BCUT2D eigenvalue weighted by molar-refractivity contribution is 5.46. The third-order valence-corrected chi connectivity index (χ3v) is 3.33. The Bertz CT molecular complexity index is 253. The summed E-state index contributed by atoms with van der Waals surface area (Å²) in [5.41, 5.74) is 0. The van der Waals surface area contributed by atoms with Crippen molar-refractivity contribution >= 4 is 6.41 Å². The van der Waals surface area contributed by atoms with Gasteiger partial charge < -0.3 is 15.1 Å². The molecular formula is C16H35N3O3. The van der Waals surface area contributed by atoms with Crippen LogP contribution in [0.25, 0.3) is 0 Å². The van der Waals surface area contributed by atoms with Crippen molar-refractivity contribution in [3.63, 3.8) is 0 Å². The second kappa shape index (κ2) is 12.8. The number of nitrogens with zero attached hydrogens (tertiary/aromatic N) is 3. The predicted molar refractivity (Wildman–Crippen MR) is 89.8 cm³/mol. The Morgan fingerprint density at radius 3 is 1.45 bits per heavy atom. The van der Waals surface area contributed by atoms with Crippen LogP contribution in [0, 0.1) is 0 Å². The molecular weight excluding hydrogens is 282 g/mol. The van der Waals surface area contributed by atoms with Crippen molar-refractivity contribution in [2.45, 2.75) is 46.3 Å². The summed E-state index contributed by atoms with van der Waals surface area (Å²) in [6.07, 6.45) is 1.40. The van der Waals surface area contributed by atoms with Crippen LogP contribution in [-0.2, 0) is 4.79 Å². The number of carbonyl (C=O) groups excluding carboxylic acids is 1. The first-order valence-corrected chi connectivity index (χ1v) is 8.43. The molecule has 2 unspecified atom stereocenters. The van der Waals surface area contributed by atoms with Gasteiger partial charge in [0.05, 0.1) is 12.2 Å². The number of aliphatic hydroxyl groups excluding tert-OH is 2. The molecule has 22 heavy (non-hydrogen) atoms. The molecule has 6 nitrogen and oxygen atoms in total. The monoisotopic (exact) mass is 317 g/mol. The lowest BCUT2D eigenvalue weighted by Crippen LogP contribution is -2.41. The van der Waals surface area contributed by atoms with Crippen molar-refractivity contribution in [3.05, 3.63) is 0 Å². The molecule has 1 aliphatic rings. The molecule has 1 aliphatic heterocycles. The van der Waals surface area contributed by atoms with Gasteiger partial charge in [0.1, 0.15) is 0 Å². The molecule has 2 atom stereocenters. The number of hydrogen-bond donors (Lipinski definition) is 2. The first-order valence-electron chi connectivity index (χ1n) is 8.43. The molecule has 0 aliphatic carbocycles. The molecule has 0 aromatic carbocycles. The Morgan fingerprint density at radius 1 is 0.864 bits per heavy atom. The standard InChI is InChI=1S/C13H27N3O3.C3H8/c1-12(18)9-14-3-4-15(10-13(2)19)6-8-16(11-17)7-5-14;1-3-2/h11-13,18-19H,3-10H2,1-2H3;3H2,1-2H3. The maximum atomic E-state index is 11.0. The molecule has 0 spiro atoms. The molecule has 1 amide bonds. The summed E-state index contributed by atoms with van der Waals surface area (Å²) in [6, 6.07) is 0. The number of aliphatic hydroxyl groups is 2. The zero-order valence-corrected chi connectivity index (χ0v) is 14.7. The SMILES string of the molecule is CC(O)CN1CCN(C=O)CCN(CC(C)O)CC1.CCC. The van der Waals surface area contributed by atoms with E-state index in [1.54, 1.807) is 18.7 Å². The Hall–Kier alpha value is -0.690. The van der Waals surface area contributed by atoms with Crippen LogP contribution in [0.4, 0.5) is 0 Å². The summed E-state index contributed by atoms with van der Waals surface area (Å²) in [5, 5.41) is 19.0. The Kier molecular flexibility index (Phi) is 12.4. The van der Waals surface area contributed by atoms with Crippen molar-refractivity contribution in [3.8, 4) is 0 Å². The Labute approximate surface area is 135 Å². The molecule has 0 aromatic rings. The lowest BCUT2D eigenvalue weighted by Gasteiger charge is -2.27. The quantitative estimate of drug-likeness (QED) is 0.711. The molecule has 0 saturated carbocycles. The molecule has 1 heterocycles. The van der Waals surface area contributed by atoms with E-state index >= 15 is 0 Å².